The second-order valence-electron chi connectivity index (χ2n) is 6.34. The molecule has 0 radical (unpaired) electrons. The third-order valence-corrected chi connectivity index (χ3v) is 4.25. The fraction of sp³-hybridized carbons (Fsp3) is 0.647. The van der Waals surface area contributed by atoms with E-state index in [1.807, 2.05) is 17.9 Å². The highest BCUT2D eigenvalue weighted by molar-refractivity contribution is 5.75. The summed E-state index contributed by atoms with van der Waals surface area (Å²) in [5, 5.41) is 0. The van der Waals surface area contributed by atoms with Crippen molar-refractivity contribution in [3.63, 3.8) is 0 Å². The van der Waals surface area contributed by atoms with Crippen molar-refractivity contribution in [1.29, 1.82) is 0 Å². The number of nitrogens with zero attached hydrogens (tertiary/aromatic N) is 4. The summed E-state index contributed by atoms with van der Waals surface area (Å²) in [7, 11) is 3.51. The van der Waals surface area contributed by atoms with Crippen LogP contribution in [-0.4, -0.2) is 52.2 Å². The number of aryl methyl sites for hydroxylation is 2. The van der Waals surface area contributed by atoms with Gasteiger partial charge in [0.05, 0.1) is 11.7 Å². The summed E-state index contributed by atoms with van der Waals surface area (Å²) in [6.07, 6.45) is 4.12. The minimum atomic E-state index is 0.0336. The molecule has 6 nitrogen and oxygen atoms in total. The molecule has 2 rings (SSSR count). The van der Waals surface area contributed by atoms with Crippen LogP contribution in [0.2, 0.25) is 0 Å². The van der Waals surface area contributed by atoms with Gasteiger partial charge in [0.2, 0.25) is 11.8 Å². The maximum absolute atomic E-state index is 11.9. The highest BCUT2D eigenvalue weighted by atomic mass is 16.2. The molecule has 0 unspecified atom stereocenters. The van der Waals surface area contributed by atoms with E-state index in [2.05, 4.69) is 9.97 Å². The van der Waals surface area contributed by atoms with Gasteiger partial charge in [-0.25, -0.2) is 9.97 Å². The van der Waals surface area contributed by atoms with E-state index >= 15 is 0 Å². The lowest BCUT2D eigenvalue weighted by molar-refractivity contribution is -0.132. The molecule has 2 amide bonds. The first-order valence-electron chi connectivity index (χ1n) is 8.20. The van der Waals surface area contributed by atoms with Gasteiger partial charge in [-0.05, 0) is 38.7 Å². The molecule has 126 valence electrons. The standard InChI is InChI=1S/C17H26N4O2/c1-12-18-14(8-9-17(23)20(3)4)11-15(19-12)16-7-5-6-10-21(16)13(2)22/h11,16H,5-10H2,1-4H3/t16-/m0/s1. The van der Waals surface area contributed by atoms with Crippen molar-refractivity contribution >= 4 is 11.8 Å². The molecule has 1 aromatic rings. The van der Waals surface area contributed by atoms with Gasteiger partial charge < -0.3 is 9.80 Å². The van der Waals surface area contributed by atoms with Crippen LogP contribution in [0.1, 0.15) is 55.9 Å². The fourth-order valence-electron chi connectivity index (χ4n) is 3.03. The third-order valence-electron chi connectivity index (χ3n) is 4.25. The Hall–Kier alpha value is -1.98. The largest absolute Gasteiger partial charge is 0.349 e. The average Bonchev–Trinajstić information content (AvgIpc) is 2.51. The van der Waals surface area contributed by atoms with Crippen molar-refractivity contribution in [2.24, 2.45) is 0 Å². The molecule has 1 aliphatic rings. The van der Waals surface area contributed by atoms with Gasteiger partial charge in [0.1, 0.15) is 5.82 Å². The van der Waals surface area contributed by atoms with Crippen molar-refractivity contribution in [2.45, 2.75) is 52.0 Å². The Labute approximate surface area is 137 Å². The van der Waals surface area contributed by atoms with E-state index < -0.39 is 0 Å². The van der Waals surface area contributed by atoms with E-state index in [-0.39, 0.29) is 17.9 Å². The molecule has 0 aromatic carbocycles. The Morgan fingerprint density at radius 1 is 1.30 bits per heavy atom. The zero-order valence-electron chi connectivity index (χ0n) is 14.5. The Balaban J connectivity index is 2.18. The topological polar surface area (TPSA) is 66.4 Å². The molecule has 23 heavy (non-hydrogen) atoms. The lowest BCUT2D eigenvalue weighted by Crippen LogP contribution is -2.37. The molecule has 1 atom stereocenters. The Morgan fingerprint density at radius 2 is 2.04 bits per heavy atom. The zero-order valence-corrected chi connectivity index (χ0v) is 14.5. The monoisotopic (exact) mass is 318 g/mol. The maximum Gasteiger partial charge on any atom is 0.222 e. The van der Waals surface area contributed by atoms with Gasteiger partial charge >= 0.3 is 0 Å². The first kappa shape index (κ1) is 17.4. The number of hydrogen-bond donors (Lipinski definition) is 0. The lowest BCUT2D eigenvalue weighted by Gasteiger charge is -2.34. The number of rotatable bonds is 4. The highest BCUT2D eigenvalue weighted by Crippen LogP contribution is 2.30. The number of piperidine rings is 1. The summed E-state index contributed by atoms with van der Waals surface area (Å²) in [4.78, 5) is 36.1. The SMILES string of the molecule is CC(=O)N1CCCC[C@H]1c1cc(CCC(=O)N(C)C)nc(C)n1. The molecule has 6 heteroatoms. The number of hydrogen-bond acceptors (Lipinski definition) is 4. The Bertz CT molecular complexity index is 586. The van der Waals surface area contributed by atoms with E-state index in [1.54, 1.807) is 25.9 Å². The van der Waals surface area contributed by atoms with Crippen LogP contribution in [-0.2, 0) is 16.0 Å². The molecule has 0 spiro atoms. The molecular weight excluding hydrogens is 292 g/mol. The maximum atomic E-state index is 11.9. The summed E-state index contributed by atoms with van der Waals surface area (Å²) in [6, 6.07) is 1.99. The minimum absolute atomic E-state index is 0.0336. The Kier molecular flexibility index (Phi) is 5.69. The predicted octanol–water partition coefficient (Wildman–Crippen LogP) is 1.88. The third kappa shape index (κ3) is 4.50. The summed E-state index contributed by atoms with van der Waals surface area (Å²) in [5.41, 5.74) is 1.77. The molecule has 1 saturated heterocycles. The fourth-order valence-corrected chi connectivity index (χ4v) is 3.03. The molecule has 0 N–H and O–H groups in total. The quantitative estimate of drug-likeness (QED) is 0.850. The van der Waals surface area contributed by atoms with Crippen LogP contribution in [0, 0.1) is 6.92 Å². The zero-order chi connectivity index (χ0) is 17.0. The number of carbonyl (C=O) groups is 2. The van der Waals surface area contributed by atoms with E-state index in [1.165, 1.54) is 0 Å². The number of aromatic nitrogens is 2. The molecule has 1 aliphatic heterocycles. The van der Waals surface area contributed by atoms with Gasteiger partial charge in [0, 0.05) is 39.7 Å². The van der Waals surface area contributed by atoms with Crippen molar-refractivity contribution in [1.82, 2.24) is 19.8 Å². The van der Waals surface area contributed by atoms with Gasteiger partial charge in [0.15, 0.2) is 0 Å². The summed E-state index contributed by atoms with van der Waals surface area (Å²) in [6.45, 7) is 4.27. The van der Waals surface area contributed by atoms with E-state index in [4.69, 9.17) is 0 Å². The number of carbonyl (C=O) groups excluding carboxylic acids is 2. The van der Waals surface area contributed by atoms with Crippen molar-refractivity contribution in [2.75, 3.05) is 20.6 Å². The Morgan fingerprint density at radius 3 is 2.70 bits per heavy atom. The van der Waals surface area contributed by atoms with Gasteiger partial charge in [0.25, 0.3) is 0 Å². The van der Waals surface area contributed by atoms with Crippen LogP contribution in [0.3, 0.4) is 0 Å². The smallest absolute Gasteiger partial charge is 0.222 e. The second-order valence-corrected chi connectivity index (χ2v) is 6.34. The van der Waals surface area contributed by atoms with Crippen molar-refractivity contribution in [3.8, 4) is 0 Å². The van der Waals surface area contributed by atoms with Gasteiger partial charge in [-0.3, -0.25) is 9.59 Å². The van der Waals surface area contributed by atoms with E-state index in [9.17, 15) is 9.59 Å². The molecule has 0 saturated carbocycles. The van der Waals surface area contributed by atoms with Gasteiger partial charge in [-0.15, -0.1) is 0 Å². The first-order chi connectivity index (χ1) is 10.9. The van der Waals surface area contributed by atoms with Gasteiger partial charge in [-0.2, -0.15) is 0 Å². The number of likely N-dealkylation sites (tertiary alicyclic amines) is 1. The van der Waals surface area contributed by atoms with Crippen LogP contribution in [0.25, 0.3) is 0 Å². The van der Waals surface area contributed by atoms with E-state index in [0.717, 1.165) is 37.2 Å². The summed E-state index contributed by atoms with van der Waals surface area (Å²) < 4.78 is 0. The summed E-state index contributed by atoms with van der Waals surface area (Å²) in [5.74, 6) is 0.880. The minimum Gasteiger partial charge on any atom is -0.349 e. The van der Waals surface area contributed by atoms with Gasteiger partial charge in [-0.1, -0.05) is 0 Å². The van der Waals surface area contributed by atoms with Crippen LogP contribution in [0.4, 0.5) is 0 Å². The molecule has 1 fully saturated rings. The molecule has 0 aliphatic carbocycles. The first-order valence-corrected chi connectivity index (χ1v) is 8.20. The van der Waals surface area contributed by atoms with Crippen molar-refractivity contribution < 1.29 is 9.59 Å². The molecule has 2 heterocycles. The lowest BCUT2D eigenvalue weighted by atomic mass is 9.98. The summed E-state index contributed by atoms with van der Waals surface area (Å²) >= 11 is 0. The molecular formula is C17H26N4O2. The van der Waals surface area contributed by atoms with E-state index in [0.29, 0.717) is 18.7 Å². The molecule has 1 aromatic heterocycles. The number of amides is 2. The predicted molar refractivity (Wildman–Crippen MR) is 87.8 cm³/mol. The van der Waals surface area contributed by atoms with Crippen molar-refractivity contribution in [3.05, 3.63) is 23.3 Å². The van der Waals surface area contributed by atoms with Crippen LogP contribution in [0.5, 0.6) is 0 Å². The van der Waals surface area contributed by atoms with Crippen LogP contribution >= 0.6 is 0 Å². The molecule has 0 bridgehead atoms. The second kappa shape index (κ2) is 7.53. The van der Waals surface area contributed by atoms with Crippen LogP contribution < -0.4 is 0 Å². The van der Waals surface area contributed by atoms with Crippen LogP contribution in [0.15, 0.2) is 6.07 Å². The normalized spacial score (nSPS) is 17.9. The highest BCUT2D eigenvalue weighted by Gasteiger charge is 2.27. The average molecular weight is 318 g/mol.